The summed E-state index contributed by atoms with van der Waals surface area (Å²) in [4.78, 5) is 33.0. The molecule has 0 aliphatic carbocycles. The number of piperazine rings is 1. The van der Waals surface area contributed by atoms with Crippen molar-refractivity contribution in [3.8, 4) is 11.3 Å². The molecule has 2 amide bonds. The van der Waals surface area contributed by atoms with Gasteiger partial charge in [0.05, 0.1) is 18.8 Å². The third-order valence-corrected chi connectivity index (χ3v) is 6.65. The van der Waals surface area contributed by atoms with Crippen molar-refractivity contribution in [2.24, 2.45) is 0 Å². The van der Waals surface area contributed by atoms with Gasteiger partial charge in [0.15, 0.2) is 11.6 Å². The number of benzene rings is 1. The molecule has 0 radical (unpaired) electrons. The number of carbonyl (C=O) groups excluding carboxylic acids is 2. The summed E-state index contributed by atoms with van der Waals surface area (Å²) in [5.41, 5.74) is 2.45. The van der Waals surface area contributed by atoms with Gasteiger partial charge in [-0.15, -0.1) is 0 Å². The first kappa shape index (κ1) is 25.1. The van der Waals surface area contributed by atoms with Crippen molar-refractivity contribution in [3.63, 3.8) is 0 Å². The van der Waals surface area contributed by atoms with Gasteiger partial charge in [-0.2, -0.15) is 0 Å². The number of imidazole rings is 1. The number of hydrogen-bond acceptors (Lipinski definition) is 9. The average Bonchev–Trinajstić information content (AvgIpc) is 3.76. The molecule has 4 aromatic heterocycles. The molecular formula is C27H25FN8O4. The predicted octanol–water partition coefficient (Wildman–Crippen LogP) is 2.81. The number of anilines is 2. The van der Waals surface area contributed by atoms with Gasteiger partial charge in [-0.1, -0.05) is 22.4 Å². The lowest BCUT2D eigenvalue weighted by atomic mass is 10.1. The molecule has 12 nitrogen and oxygen atoms in total. The van der Waals surface area contributed by atoms with E-state index in [0.717, 1.165) is 0 Å². The monoisotopic (exact) mass is 544 g/mol. The summed E-state index contributed by atoms with van der Waals surface area (Å²) in [6.07, 6.45) is 4.88. The molecule has 0 unspecified atom stereocenters. The molecule has 1 aromatic carbocycles. The number of halogens is 1. The van der Waals surface area contributed by atoms with Crippen molar-refractivity contribution in [1.29, 1.82) is 0 Å². The van der Waals surface area contributed by atoms with Gasteiger partial charge in [0, 0.05) is 56.3 Å². The Kier molecular flexibility index (Phi) is 6.83. The van der Waals surface area contributed by atoms with E-state index in [0.29, 0.717) is 66.9 Å². The van der Waals surface area contributed by atoms with Crippen LogP contribution in [0.2, 0.25) is 0 Å². The highest BCUT2D eigenvalue weighted by atomic mass is 19.1. The zero-order valence-electron chi connectivity index (χ0n) is 21.3. The molecule has 0 spiro atoms. The summed E-state index contributed by atoms with van der Waals surface area (Å²) in [7, 11) is 0. The van der Waals surface area contributed by atoms with Crippen molar-refractivity contribution in [3.05, 3.63) is 84.5 Å². The lowest BCUT2D eigenvalue weighted by Crippen LogP contribution is -2.51. The van der Waals surface area contributed by atoms with Crippen LogP contribution >= 0.6 is 0 Å². The Morgan fingerprint density at radius 1 is 1.02 bits per heavy atom. The van der Waals surface area contributed by atoms with Gasteiger partial charge in [-0.3, -0.25) is 9.59 Å². The van der Waals surface area contributed by atoms with Crippen LogP contribution in [0, 0.1) is 5.82 Å². The Balaban J connectivity index is 1.00. The van der Waals surface area contributed by atoms with E-state index in [9.17, 15) is 9.59 Å². The highest BCUT2D eigenvalue weighted by Gasteiger charge is 2.24. The van der Waals surface area contributed by atoms with Gasteiger partial charge in [0.25, 0.3) is 5.91 Å². The topological polar surface area (TPSA) is 134 Å². The quantitative estimate of drug-likeness (QED) is 0.302. The van der Waals surface area contributed by atoms with Crippen LogP contribution in [0.1, 0.15) is 16.2 Å². The minimum atomic E-state index is -0.414. The van der Waals surface area contributed by atoms with Gasteiger partial charge in [0.2, 0.25) is 5.91 Å². The normalized spacial score (nSPS) is 13.5. The second-order valence-electron chi connectivity index (χ2n) is 9.23. The summed E-state index contributed by atoms with van der Waals surface area (Å²) in [6.45, 7) is 1.97. The maximum absolute atomic E-state index is 15.1. The van der Waals surface area contributed by atoms with E-state index < -0.39 is 5.91 Å². The number of fused-ring (bicyclic) bond motifs is 1. The molecule has 6 rings (SSSR count). The number of aromatic nitrogens is 4. The van der Waals surface area contributed by atoms with Gasteiger partial charge in [-0.05, 0) is 24.3 Å². The van der Waals surface area contributed by atoms with Crippen LogP contribution in [-0.4, -0.2) is 69.1 Å². The zero-order valence-corrected chi connectivity index (χ0v) is 21.3. The summed E-state index contributed by atoms with van der Waals surface area (Å²) < 4.78 is 26.9. The van der Waals surface area contributed by atoms with Gasteiger partial charge >= 0.3 is 0 Å². The molecule has 1 saturated heterocycles. The highest BCUT2D eigenvalue weighted by molar-refractivity contribution is 5.95. The first-order chi connectivity index (χ1) is 19.5. The molecule has 5 heterocycles. The maximum atomic E-state index is 15.1. The highest BCUT2D eigenvalue weighted by Crippen LogP contribution is 2.27. The fourth-order valence-electron chi connectivity index (χ4n) is 4.54. The van der Waals surface area contributed by atoms with E-state index in [-0.39, 0.29) is 24.0 Å². The smallest absolute Gasteiger partial charge is 0.271 e. The summed E-state index contributed by atoms with van der Waals surface area (Å²) in [5.74, 6) is 0.138. The largest absolute Gasteiger partial charge is 0.366 e. The second-order valence-corrected chi connectivity index (χ2v) is 9.23. The van der Waals surface area contributed by atoms with Gasteiger partial charge in [-0.25, -0.2) is 9.37 Å². The van der Waals surface area contributed by atoms with E-state index in [1.807, 2.05) is 17.0 Å². The predicted molar refractivity (Wildman–Crippen MR) is 142 cm³/mol. The Labute approximate surface area is 227 Å². The number of carbonyl (C=O) groups is 2. The Bertz CT molecular complexity index is 1610. The van der Waals surface area contributed by atoms with Crippen molar-refractivity contribution >= 4 is 29.0 Å². The first-order valence-electron chi connectivity index (χ1n) is 12.7. The number of hydrogen-bond donors (Lipinski definition) is 2. The van der Waals surface area contributed by atoms with Crippen LogP contribution in [0.5, 0.6) is 0 Å². The molecule has 40 heavy (non-hydrogen) atoms. The molecule has 204 valence electrons. The summed E-state index contributed by atoms with van der Waals surface area (Å²) in [5, 5.41) is 13.5. The van der Waals surface area contributed by atoms with Crippen molar-refractivity contribution in [1.82, 2.24) is 29.9 Å². The number of amides is 2. The third-order valence-electron chi connectivity index (χ3n) is 6.65. The van der Waals surface area contributed by atoms with E-state index in [1.165, 1.54) is 12.3 Å². The lowest BCUT2D eigenvalue weighted by molar-refractivity contribution is -0.130. The van der Waals surface area contributed by atoms with Crippen LogP contribution in [0.15, 0.2) is 76.2 Å². The number of nitrogens with zero attached hydrogens (tertiary/aromatic N) is 6. The summed E-state index contributed by atoms with van der Waals surface area (Å²) >= 11 is 0. The molecule has 5 aromatic rings. The SMILES string of the molecule is O=C(NCC(=O)N1CCN(c2ccc(-c3cc(CNc4ccon4)on3)cc2F)CC1)c1cn2ccccc2n1. The van der Waals surface area contributed by atoms with E-state index >= 15 is 4.39 Å². The standard InChI is InChI=1S/C27H25FN8O4/c28-20-13-18(21-14-19(40-32-21)15-29-24-6-12-39-33-24)4-5-23(20)34-8-10-35(11-9-34)26(37)16-30-27(38)22-17-36-7-2-1-3-25(36)31-22/h1-7,12-14,17H,8-11,15-16H2,(H,29,33)(H,30,38). The molecule has 1 fully saturated rings. The maximum Gasteiger partial charge on any atom is 0.271 e. The van der Waals surface area contributed by atoms with Crippen molar-refractivity contribution in [2.75, 3.05) is 42.9 Å². The molecule has 1 aliphatic heterocycles. The summed E-state index contributed by atoms with van der Waals surface area (Å²) in [6, 6.07) is 13.8. The van der Waals surface area contributed by atoms with Crippen molar-refractivity contribution < 1.29 is 23.0 Å². The van der Waals surface area contributed by atoms with E-state index in [4.69, 9.17) is 9.05 Å². The molecule has 0 saturated carbocycles. The van der Waals surface area contributed by atoms with Crippen molar-refractivity contribution in [2.45, 2.75) is 6.54 Å². The average molecular weight is 545 g/mol. The second kappa shape index (κ2) is 10.9. The Morgan fingerprint density at radius 2 is 1.90 bits per heavy atom. The fraction of sp³-hybridized carbons (Fsp3) is 0.222. The Morgan fingerprint density at radius 3 is 2.67 bits per heavy atom. The van der Waals surface area contributed by atoms with Crippen LogP contribution in [-0.2, 0) is 11.3 Å². The molecule has 0 atom stereocenters. The Hall–Kier alpha value is -5.20. The minimum absolute atomic E-state index is 0.135. The van der Waals surface area contributed by atoms with Crippen LogP contribution in [0.25, 0.3) is 16.9 Å². The van der Waals surface area contributed by atoms with Crippen LogP contribution in [0.4, 0.5) is 15.9 Å². The van der Waals surface area contributed by atoms with E-state index in [2.05, 4.69) is 25.9 Å². The van der Waals surface area contributed by atoms with Crippen LogP contribution < -0.4 is 15.5 Å². The van der Waals surface area contributed by atoms with Gasteiger partial charge in [0.1, 0.15) is 29.1 Å². The lowest BCUT2D eigenvalue weighted by Gasteiger charge is -2.36. The van der Waals surface area contributed by atoms with Gasteiger partial charge < -0.3 is 33.9 Å². The number of pyridine rings is 1. The van der Waals surface area contributed by atoms with Crippen LogP contribution in [0.3, 0.4) is 0 Å². The third kappa shape index (κ3) is 5.34. The molecule has 2 N–H and O–H groups in total. The zero-order chi connectivity index (χ0) is 27.5. The fourth-order valence-corrected chi connectivity index (χ4v) is 4.54. The molecule has 0 bridgehead atoms. The first-order valence-corrected chi connectivity index (χ1v) is 12.7. The van der Waals surface area contributed by atoms with E-state index in [1.54, 1.807) is 52.0 Å². The number of rotatable bonds is 8. The molecule has 13 heteroatoms. The molecule has 1 aliphatic rings. The minimum Gasteiger partial charge on any atom is -0.366 e. The molecular weight excluding hydrogens is 519 g/mol. The number of nitrogens with one attached hydrogen (secondary N) is 2.